The van der Waals surface area contributed by atoms with Crippen LogP contribution in [0.3, 0.4) is 0 Å². The summed E-state index contributed by atoms with van der Waals surface area (Å²) in [5, 5.41) is 1.89. The Kier molecular flexibility index (Phi) is 6.14. The molecule has 1 unspecified atom stereocenters. The number of hydrogen-bond acceptors (Lipinski definition) is 5. The van der Waals surface area contributed by atoms with Crippen LogP contribution in [0.5, 0.6) is 0 Å². The van der Waals surface area contributed by atoms with Crippen LogP contribution >= 0.6 is 0 Å². The van der Waals surface area contributed by atoms with Crippen LogP contribution in [0, 0.1) is 5.82 Å². The first-order valence-corrected chi connectivity index (χ1v) is 10.8. The van der Waals surface area contributed by atoms with Gasteiger partial charge in [0.05, 0.1) is 13.2 Å². The second-order valence-corrected chi connectivity index (χ2v) is 7.78. The number of hydrogen-bond donors (Lipinski definition) is 0. The monoisotopic (exact) mass is 449 g/mol. The molecule has 0 bridgehead atoms. The quantitative estimate of drug-likeness (QED) is 0.413. The first-order valence-electron chi connectivity index (χ1n) is 10.8. The predicted octanol–water partition coefficient (Wildman–Crippen LogP) is 4.36. The fourth-order valence-electron chi connectivity index (χ4n) is 4.52. The van der Waals surface area contributed by atoms with Crippen LogP contribution in [0.15, 0.2) is 66.7 Å². The van der Waals surface area contributed by atoms with E-state index in [1.165, 1.54) is 24.3 Å². The highest BCUT2D eigenvalue weighted by atomic mass is 19.1. The number of rotatable bonds is 6. The number of amides is 1. The zero-order valence-corrected chi connectivity index (χ0v) is 18.4. The maximum atomic E-state index is 13.6. The number of benzene rings is 3. The molecule has 1 atom stereocenters. The first kappa shape index (κ1) is 22.5. The fraction of sp³-hybridized carbons (Fsp3) is 0.269. The van der Waals surface area contributed by atoms with Crippen LogP contribution in [0.25, 0.3) is 10.8 Å². The number of carbonyl (C=O) groups excluding carboxylic acids is 3. The molecule has 0 N–H and O–H groups in total. The lowest BCUT2D eigenvalue weighted by Crippen LogP contribution is -2.62. The number of anilines is 1. The van der Waals surface area contributed by atoms with Crippen molar-refractivity contribution in [2.75, 3.05) is 18.1 Å². The maximum absolute atomic E-state index is 13.6. The molecule has 1 heterocycles. The maximum Gasteiger partial charge on any atom is 0.344 e. The summed E-state index contributed by atoms with van der Waals surface area (Å²) in [6.07, 6.45) is -0.118. The van der Waals surface area contributed by atoms with Gasteiger partial charge in [-0.05, 0) is 54.4 Å². The predicted molar refractivity (Wildman–Crippen MR) is 121 cm³/mol. The van der Waals surface area contributed by atoms with Crippen LogP contribution in [0.2, 0.25) is 0 Å². The Morgan fingerprint density at radius 1 is 0.939 bits per heavy atom. The SMILES string of the molecule is CCOC(=O)C1(C(=O)OCC)C(c2ccc3ccccc3c2)CC(=O)N1c1ccc(F)cc1. The van der Waals surface area contributed by atoms with E-state index in [0.29, 0.717) is 5.56 Å². The zero-order chi connectivity index (χ0) is 23.6. The van der Waals surface area contributed by atoms with Gasteiger partial charge in [-0.25, -0.2) is 14.0 Å². The zero-order valence-electron chi connectivity index (χ0n) is 18.4. The van der Waals surface area contributed by atoms with Gasteiger partial charge in [0, 0.05) is 18.0 Å². The van der Waals surface area contributed by atoms with Gasteiger partial charge in [-0.15, -0.1) is 0 Å². The molecular weight excluding hydrogens is 425 g/mol. The molecule has 1 fully saturated rings. The summed E-state index contributed by atoms with van der Waals surface area (Å²) >= 11 is 0. The lowest BCUT2D eigenvalue weighted by Gasteiger charge is -2.37. The van der Waals surface area contributed by atoms with Crippen LogP contribution in [0.4, 0.5) is 10.1 Å². The molecule has 0 aliphatic carbocycles. The fourth-order valence-corrected chi connectivity index (χ4v) is 4.52. The third-order valence-corrected chi connectivity index (χ3v) is 5.92. The van der Waals surface area contributed by atoms with E-state index in [4.69, 9.17) is 9.47 Å². The number of ether oxygens (including phenoxy) is 2. The smallest absolute Gasteiger partial charge is 0.344 e. The number of halogens is 1. The van der Waals surface area contributed by atoms with E-state index >= 15 is 0 Å². The van der Waals surface area contributed by atoms with Crippen molar-refractivity contribution in [3.63, 3.8) is 0 Å². The number of carbonyl (C=O) groups is 3. The molecule has 0 spiro atoms. The molecule has 170 valence electrons. The van der Waals surface area contributed by atoms with Crippen molar-refractivity contribution < 1.29 is 28.2 Å². The molecule has 3 aromatic rings. The summed E-state index contributed by atoms with van der Waals surface area (Å²) in [6, 6.07) is 18.3. The first-order chi connectivity index (χ1) is 15.9. The third kappa shape index (κ3) is 3.73. The normalized spacial score (nSPS) is 17.2. The molecule has 0 aromatic heterocycles. The van der Waals surface area contributed by atoms with Gasteiger partial charge in [0.1, 0.15) is 5.82 Å². The Labute approximate surface area is 190 Å². The number of nitrogens with zero attached hydrogens (tertiary/aromatic N) is 1. The minimum absolute atomic E-state index is 0.00980. The Morgan fingerprint density at radius 2 is 1.55 bits per heavy atom. The Hall–Kier alpha value is -3.74. The van der Waals surface area contributed by atoms with Gasteiger partial charge in [0.2, 0.25) is 11.4 Å². The molecule has 1 aliphatic heterocycles. The van der Waals surface area contributed by atoms with E-state index < -0.39 is 35.1 Å². The van der Waals surface area contributed by atoms with E-state index in [9.17, 15) is 18.8 Å². The molecule has 1 aliphatic rings. The van der Waals surface area contributed by atoms with Crippen LogP contribution in [-0.2, 0) is 23.9 Å². The second kappa shape index (κ2) is 9.02. The summed E-state index contributed by atoms with van der Waals surface area (Å²) in [4.78, 5) is 41.5. The van der Waals surface area contributed by atoms with Crippen LogP contribution < -0.4 is 4.90 Å². The molecular formula is C26H24FNO5. The minimum atomic E-state index is -2.08. The Balaban J connectivity index is 1.96. The standard InChI is InChI=1S/C26H24FNO5/c1-3-32-24(30)26(25(31)33-4-2)22(19-10-9-17-7-5-6-8-18(17)15-19)16-23(29)28(26)21-13-11-20(27)12-14-21/h5-15,22H,3-4,16H2,1-2H3. The molecule has 6 nitrogen and oxygen atoms in total. The third-order valence-electron chi connectivity index (χ3n) is 5.92. The average Bonchev–Trinajstić information content (AvgIpc) is 3.13. The van der Waals surface area contributed by atoms with Gasteiger partial charge in [0.15, 0.2) is 0 Å². The molecule has 4 rings (SSSR count). The van der Waals surface area contributed by atoms with Crippen molar-refractivity contribution in [3.8, 4) is 0 Å². The van der Waals surface area contributed by atoms with Crippen molar-refractivity contribution in [1.82, 2.24) is 0 Å². The molecule has 0 saturated carbocycles. The highest BCUT2D eigenvalue weighted by Gasteiger charge is 2.66. The minimum Gasteiger partial charge on any atom is -0.464 e. The van der Waals surface area contributed by atoms with Gasteiger partial charge < -0.3 is 9.47 Å². The van der Waals surface area contributed by atoms with Crippen molar-refractivity contribution in [3.05, 3.63) is 78.1 Å². The lowest BCUT2D eigenvalue weighted by atomic mass is 9.78. The molecule has 33 heavy (non-hydrogen) atoms. The van der Waals surface area contributed by atoms with E-state index in [1.54, 1.807) is 13.8 Å². The van der Waals surface area contributed by atoms with E-state index in [2.05, 4.69) is 0 Å². The summed E-state index contributed by atoms with van der Waals surface area (Å²) in [5.74, 6) is -3.58. The highest BCUT2D eigenvalue weighted by molar-refractivity contribution is 6.19. The Morgan fingerprint density at radius 3 is 2.15 bits per heavy atom. The largest absolute Gasteiger partial charge is 0.464 e. The molecule has 0 radical (unpaired) electrons. The van der Waals surface area contributed by atoms with E-state index in [1.807, 2.05) is 42.5 Å². The van der Waals surface area contributed by atoms with Gasteiger partial charge >= 0.3 is 11.9 Å². The topological polar surface area (TPSA) is 72.9 Å². The second-order valence-electron chi connectivity index (χ2n) is 7.78. The molecule has 1 amide bonds. The average molecular weight is 449 g/mol. The van der Waals surface area contributed by atoms with Crippen molar-refractivity contribution in [1.29, 1.82) is 0 Å². The van der Waals surface area contributed by atoms with E-state index in [-0.39, 0.29) is 25.3 Å². The van der Waals surface area contributed by atoms with Gasteiger partial charge in [-0.3, -0.25) is 9.69 Å². The molecule has 1 saturated heterocycles. The van der Waals surface area contributed by atoms with Gasteiger partial charge in [-0.1, -0.05) is 42.5 Å². The summed E-state index contributed by atoms with van der Waals surface area (Å²) < 4.78 is 24.3. The lowest BCUT2D eigenvalue weighted by molar-refractivity contribution is -0.165. The summed E-state index contributed by atoms with van der Waals surface area (Å²) in [5.41, 5.74) is -1.23. The number of fused-ring (bicyclic) bond motifs is 1. The van der Waals surface area contributed by atoms with Crippen LogP contribution in [0.1, 0.15) is 31.7 Å². The van der Waals surface area contributed by atoms with Crippen molar-refractivity contribution in [2.45, 2.75) is 31.7 Å². The van der Waals surface area contributed by atoms with E-state index in [0.717, 1.165) is 15.7 Å². The summed E-state index contributed by atoms with van der Waals surface area (Å²) in [6.45, 7) is 3.27. The summed E-state index contributed by atoms with van der Waals surface area (Å²) in [7, 11) is 0. The Bertz CT molecular complexity index is 1190. The van der Waals surface area contributed by atoms with Gasteiger partial charge in [0.25, 0.3) is 0 Å². The van der Waals surface area contributed by atoms with Gasteiger partial charge in [-0.2, -0.15) is 0 Å². The van der Waals surface area contributed by atoms with Crippen molar-refractivity contribution in [2.24, 2.45) is 0 Å². The molecule has 3 aromatic carbocycles. The highest BCUT2D eigenvalue weighted by Crippen LogP contribution is 2.47. The van der Waals surface area contributed by atoms with Crippen molar-refractivity contribution >= 4 is 34.3 Å². The van der Waals surface area contributed by atoms with Crippen LogP contribution in [-0.4, -0.2) is 36.6 Å². The number of esters is 2. The molecule has 7 heteroatoms.